The SMILES string of the molecule is C=C(Nc1cncc(-c2ccc3[nH]nc(-c4cc5c(-c6ccc(C)s6)cncc5[nH]4)c3n2)c1)C1CCC1. The van der Waals surface area contributed by atoms with E-state index in [4.69, 9.17) is 4.98 Å². The number of nitrogens with one attached hydrogen (secondary N) is 3. The summed E-state index contributed by atoms with van der Waals surface area (Å²) >= 11 is 1.77. The van der Waals surface area contributed by atoms with Crippen LogP contribution in [-0.2, 0) is 0 Å². The Morgan fingerprint density at radius 2 is 1.92 bits per heavy atom. The molecule has 0 saturated heterocycles. The standard InChI is InChI=1S/C29H25N7S/c1-16-6-9-27(37-16)22-14-31-15-26-21(22)11-25(33-26)29-28-24(35-36-29)8-7-23(34-28)19-10-20(13-30-12-19)32-17(2)18-4-3-5-18/h6-15,18,32-33H,2-5H2,1H3,(H,35,36). The summed E-state index contributed by atoms with van der Waals surface area (Å²) in [4.78, 5) is 19.9. The fourth-order valence-electron chi connectivity index (χ4n) is 4.89. The molecule has 0 spiro atoms. The van der Waals surface area contributed by atoms with Crippen molar-refractivity contribution in [3.8, 4) is 33.1 Å². The number of H-pyrrole nitrogens is 2. The lowest BCUT2D eigenvalue weighted by atomic mass is 9.83. The van der Waals surface area contributed by atoms with Crippen molar-refractivity contribution in [1.29, 1.82) is 0 Å². The second-order valence-electron chi connectivity index (χ2n) is 9.65. The fourth-order valence-corrected chi connectivity index (χ4v) is 5.79. The van der Waals surface area contributed by atoms with Gasteiger partial charge in [-0.15, -0.1) is 11.3 Å². The molecule has 7 nitrogen and oxygen atoms in total. The molecule has 0 amide bonds. The first-order valence-corrected chi connectivity index (χ1v) is 13.2. The number of thiophene rings is 1. The minimum atomic E-state index is 0.558. The second kappa shape index (κ2) is 8.67. The monoisotopic (exact) mass is 503 g/mol. The molecule has 6 aromatic rings. The highest BCUT2D eigenvalue weighted by atomic mass is 32.1. The van der Waals surface area contributed by atoms with Crippen LogP contribution in [0.25, 0.3) is 55.0 Å². The van der Waals surface area contributed by atoms with Gasteiger partial charge in [0.2, 0.25) is 0 Å². The third kappa shape index (κ3) is 3.90. The number of anilines is 1. The van der Waals surface area contributed by atoms with Gasteiger partial charge < -0.3 is 10.3 Å². The lowest BCUT2D eigenvalue weighted by Crippen LogP contribution is -2.18. The number of aryl methyl sites for hydroxylation is 1. The van der Waals surface area contributed by atoms with E-state index in [0.29, 0.717) is 5.92 Å². The van der Waals surface area contributed by atoms with E-state index in [0.717, 1.165) is 61.5 Å². The predicted octanol–water partition coefficient (Wildman–Crippen LogP) is 7.33. The second-order valence-corrected chi connectivity index (χ2v) is 10.9. The van der Waals surface area contributed by atoms with Crippen molar-refractivity contribution in [2.24, 2.45) is 5.92 Å². The first-order valence-electron chi connectivity index (χ1n) is 12.4. The molecular weight excluding hydrogens is 478 g/mol. The Labute approximate surface area is 217 Å². The summed E-state index contributed by atoms with van der Waals surface area (Å²) in [5.74, 6) is 0.558. The average Bonchev–Trinajstić information content (AvgIpc) is 3.60. The van der Waals surface area contributed by atoms with E-state index in [9.17, 15) is 0 Å². The Morgan fingerprint density at radius 1 is 1.03 bits per heavy atom. The van der Waals surface area contributed by atoms with Gasteiger partial charge in [-0.05, 0) is 62.1 Å². The molecule has 1 fully saturated rings. The fraction of sp³-hybridized carbons (Fsp3) is 0.172. The number of hydrogen-bond donors (Lipinski definition) is 3. The highest BCUT2D eigenvalue weighted by Gasteiger charge is 2.21. The summed E-state index contributed by atoms with van der Waals surface area (Å²) in [7, 11) is 0. The summed E-state index contributed by atoms with van der Waals surface area (Å²) in [6.45, 7) is 6.34. The predicted molar refractivity (Wildman–Crippen MR) is 150 cm³/mol. The van der Waals surface area contributed by atoms with Crippen molar-refractivity contribution in [1.82, 2.24) is 30.1 Å². The highest BCUT2D eigenvalue weighted by molar-refractivity contribution is 7.15. The molecule has 1 aliphatic rings. The lowest BCUT2D eigenvalue weighted by molar-refractivity contribution is 0.371. The van der Waals surface area contributed by atoms with Crippen LogP contribution in [0.1, 0.15) is 24.1 Å². The Kier molecular flexibility index (Phi) is 5.14. The van der Waals surface area contributed by atoms with Crippen molar-refractivity contribution in [3.05, 3.63) is 78.3 Å². The van der Waals surface area contributed by atoms with Gasteiger partial charge in [-0.1, -0.05) is 13.0 Å². The van der Waals surface area contributed by atoms with E-state index in [1.165, 1.54) is 29.0 Å². The smallest absolute Gasteiger partial charge is 0.135 e. The summed E-state index contributed by atoms with van der Waals surface area (Å²) < 4.78 is 0. The number of aromatic nitrogens is 6. The largest absolute Gasteiger partial charge is 0.358 e. The van der Waals surface area contributed by atoms with Crippen molar-refractivity contribution in [2.75, 3.05) is 5.32 Å². The van der Waals surface area contributed by atoms with Gasteiger partial charge in [-0.3, -0.25) is 15.1 Å². The van der Waals surface area contributed by atoms with Gasteiger partial charge in [0, 0.05) is 44.4 Å². The molecular formula is C29H25N7S. The van der Waals surface area contributed by atoms with Crippen LogP contribution in [0.15, 0.2) is 73.5 Å². The topological polar surface area (TPSA) is 95.2 Å². The zero-order chi connectivity index (χ0) is 24.9. The summed E-state index contributed by atoms with van der Waals surface area (Å²) in [6, 6.07) is 12.5. The van der Waals surface area contributed by atoms with Crippen LogP contribution >= 0.6 is 11.3 Å². The molecule has 1 saturated carbocycles. The number of hydrogen-bond acceptors (Lipinski definition) is 6. The maximum Gasteiger partial charge on any atom is 0.135 e. The number of nitrogens with zero attached hydrogens (tertiary/aromatic N) is 4. The first kappa shape index (κ1) is 21.9. The molecule has 0 atom stereocenters. The minimum Gasteiger partial charge on any atom is -0.358 e. The molecule has 3 N–H and O–H groups in total. The molecule has 1 aliphatic carbocycles. The molecule has 0 aliphatic heterocycles. The molecule has 7 rings (SSSR count). The molecule has 37 heavy (non-hydrogen) atoms. The third-order valence-electron chi connectivity index (χ3n) is 7.15. The van der Waals surface area contributed by atoms with Crippen molar-refractivity contribution in [3.63, 3.8) is 0 Å². The lowest BCUT2D eigenvalue weighted by Gasteiger charge is -2.28. The Bertz CT molecular complexity index is 1790. The maximum absolute atomic E-state index is 5.00. The number of rotatable bonds is 6. The Balaban J connectivity index is 1.26. The highest BCUT2D eigenvalue weighted by Crippen LogP contribution is 2.36. The van der Waals surface area contributed by atoms with Crippen LogP contribution in [0.5, 0.6) is 0 Å². The van der Waals surface area contributed by atoms with Crippen LogP contribution in [-0.4, -0.2) is 30.1 Å². The van der Waals surface area contributed by atoms with Crippen LogP contribution in [0.4, 0.5) is 5.69 Å². The van der Waals surface area contributed by atoms with Crippen molar-refractivity contribution < 1.29 is 0 Å². The first-order chi connectivity index (χ1) is 18.1. The average molecular weight is 504 g/mol. The van der Waals surface area contributed by atoms with E-state index in [-0.39, 0.29) is 0 Å². The maximum atomic E-state index is 5.00. The number of fused-ring (bicyclic) bond motifs is 2. The van der Waals surface area contributed by atoms with E-state index in [1.54, 1.807) is 11.3 Å². The molecule has 6 aromatic heterocycles. The molecule has 182 valence electrons. The van der Waals surface area contributed by atoms with Crippen LogP contribution < -0.4 is 5.32 Å². The summed E-state index contributed by atoms with van der Waals surface area (Å²) in [5.41, 5.74) is 9.24. The third-order valence-corrected chi connectivity index (χ3v) is 8.19. The van der Waals surface area contributed by atoms with E-state index in [1.807, 2.05) is 36.9 Å². The van der Waals surface area contributed by atoms with E-state index in [2.05, 4.69) is 68.2 Å². The van der Waals surface area contributed by atoms with Gasteiger partial charge in [0.05, 0.1) is 40.5 Å². The zero-order valence-corrected chi connectivity index (χ0v) is 21.2. The van der Waals surface area contributed by atoms with Gasteiger partial charge in [-0.25, -0.2) is 4.98 Å². The molecule has 6 heterocycles. The van der Waals surface area contributed by atoms with E-state index < -0.39 is 0 Å². The number of aromatic amines is 2. The van der Waals surface area contributed by atoms with Gasteiger partial charge in [0.1, 0.15) is 11.2 Å². The molecule has 0 aromatic carbocycles. The van der Waals surface area contributed by atoms with Crippen LogP contribution in [0, 0.1) is 12.8 Å². The number of pyridine rings is 3. The summed E-state index contributed by atoms with van der Waals surface area (Å²) in [5, 5.41) is 12.3. The van der Waals surface area contributed by atoms with Gasteiger partial charge in [0.25, 0.3) is 0 Å². The number of allylic oxidation sites excluding steroid dienone is 1. The molecule has 0 unspecified atom stereocenters. The van der Waals surface area contributed by atoms with Gasteiger partial charge in [0.15, 0.2) is 0 Å². The van der Waals surface area contributed by atoms with E-state index >= 15 is 0 Å². The van der Waals surface area contributed by atoms with Crippen molar-refractivity contribution in [2.45, 2.75) is 26.2 Å². The molecule has 0 bridgehead atoms. The Hall–Kier alpha value is -4.30. The van der Waals surface area contributed by atoms with Crippen molar-refractivity contribution >= 4 is 39.0 Å². The minimum absolute atomic E-state index is 0.558. The quantitative estimate of drug-likeness (QED) is 0.221. The zero-order valence-electron chi connectivity index (χ0n) is 20.4. The summed E-state index contributed by atoms with van der Waals surface area (Å²) in [6.07, 6.45) is 11.2. The molecule has 8 heteroatoms. The van der Waals surface area contributed by atoms with Gasteiger partial charge in [-0.2, -0.15) is 5.10 Å². The van der Waals surface area contributed by atoms with Crippen LogP contribution in [0.2, 0.25) is 0 Å². The normalized spacial score (nSPS) is 13.8. The molecule has 0 radical (unpaired) electrons. The van der Waals surface area contributed by atoms with Gasteiger partial charge >= 0.3 is 0 Å². The van der Waals surface area contributed by atoms with Crippen LogP contribution in [0.3, 0.4) is 0 Å². The Morgan fingerprint density at radius 3 is 2.73 bits per heavy atom.